The summed E-state index contributed by atoms with van der Waals surface area (Å²) in [6.07, 6.45) is -8.58. The molecule has 3 saturated heterocycles. The highest BCUT2D eigenvalue weighted by Crippen LogP contribution is 2.53. The van der Waals surface area contributed by atoms with Gasteiger partial charge >= 0.3 is 7.82 Å². The standard InChI is InChI=1S/C20H23BN10O12P2/c21-44(35)38-1-6-10(32)13(19(40-6)31-5-27-9-16(31)28-20(23)29-17(9)34)43-45(36,37)39-2-7-12(42-44)11(33)18(41-7)30-4-26-8-14(22)24-3-25-15(8)30/h3-7,10-13,18-19,32-33H,1-2H2,(H,36,37)(H2,22,24,25)(H3,23,28,29,34). The van der Waals surface area contributed by atoms with Crippen molar-refractivity contribution in [1.29, 1.82) is 0 Å². The number of fused-ring (bicyclic) bond motifs is 5. The number of ether oxygens (including phenoxy) is 2. The number of aliphatic hydroxyl groups is 2. The number of aliphatic hydroxyl groups excluding tert-OH is 2. The van der Waals surface area contributed by atoms with E-state index in [0.29, 0.717) is 0 Å². The Kier molecular flexibility index (Phi) is 7.34. The van der Waals surface area contributed by atoms with Gasteiger partial charge in [0.05, 0.1) is 25.9 Å². The zero-order valence-corrected chi connectivity index (χ0v) is 24.3. The topological polar surface area (TPSA) is 309 Å². The van der Waals surface area contributed by atoms with Gasteiger partial charge < -0.3 is 45.1 Å². The fraction of sp³-hybridized carbons (Fsp3) is 0.500. The maximum absolute atomic E-state index is 13.3. The first-order valence-electron chi connectivity index (χ1n) is 13.0. The first kappa shape index (κ1) is 30.3. The number of nitrogens with one attached hydrogen (secondary N) is 1. The Bertz CT molecular complexity index is 1940. The molecule has 10 unspecified atom stereocenters. The molecule has 2 bridgehead atoms. The lowest BCUT2D eigenvalue weighted by Gasteiger charge is -2.26. The smallest absolute Gasteiger partial charge is 0.387 e. The second-order valence-corrected chi connectivity index (χ2v) is 13.2. The Hall–Kier alpha value is -3.34. The van der Waals surface area contributed by atoms with Crippen molar-refractivity contribution in [2.24, 2.45) is 0 Å². The fourth-order valence-electron chi connectivity index (χ4n) is 5.32. The summed E-state index contributed by atoms with van der Waals surface area (Å²) >= 11 is 0. The molecule has 22 nitrogen and oxygen atoms in total. The van der Waals surface area contributed by atoms with Gasteiger partial charge in [-0.3, -0.25) is 32.5 Å². The lowest BCUT2D eigenvalue weighted by atomic mass is 10.1. The number of nitrogen functional groups attached to an aromatic ring is 2. The number of aromatic amines is 1. The molecule has 3 aliphatic heterocycles. The van der Waals surface area contributed by atoms with E-state index in [9.17, 15) is 29.0 Å². The van der Waals surface area contributed by atoms with E-state index in [-0.39, 0.29) is 34.1 Å². The second-order valence-electron chi connectivity index (χ2n) is 10.2. The van der Waals surface area contributed by atoms with Crippen molar-refractivity contribution in [3.05, 3.63) is 29.3 Å². The second kappa shape index (κ2) is 10.9. The van der Waals surface area contributed by atoms with Gasteiger partial charge in [-0.25, -0.2) is 24.5 Å². The van der Waals surface area contributed by atoms with Crippen LogP contribution in [0.1, 0.15) is 12.5 Å². The molecular weight excluding hydrogens is 645 g/mol. The van der Waals surface area contributed by atoms with E-state index in [1.807, 2.05) is 0 Å². The monoisotopic (exact) mass is 668 g/mol. The van der Waals surface area contributed by atoms with Gasteiger partial charge in [-0.2, -0.15) is 4.98 Å². The number of nitrogens with zero attached hydrogens (tertiary/aromatic N) is 7. The molecule has 0 saturated carbocycles. The van der Waals surface area contributed by atoms with Crippen LogP contribution in [-0.4, -0.2) is 112 Å². The van der Waals surface area contributed by atoms with Crippen molar-refractivity contribution < 1.29 is 51.8 Å². The van der Waals surface area contributed by atoms with Gasteiger partial charge in [0.25, 0.3) is 13.0 Å². The average Bonchev–Trinajstić information content (AvgIpc) is 3.72. The van der Waals surface area contributed by atoms with E-state index >= 15 is 0 Å². The molecule has 3 aliphatic rings. The molecule has 4 aromatic rings. The summed E-state index contributed by atoms with van der Waals surface area (Å²) in [5, 5.41) is 22.2. The summed E-state index contributed by atoms with van der Waals surface area (Å²) in [6, 6.07) is 0. The SMILES string of the molecule is [B]P1(=O)OCC2OC(n3cnc4c(=O)[nH]c(N)nc43)C(OP(=O)(O)OCC3OC(n4cnc5c(N)ncnc54)C(O)C3O1)C2O. The number of hydrogen-bond donors (Lipinski definition) is 6. The van der Waals surface area contributed by atoms with Crippen molar-refractivity contribution in [1.82, 2.24) is 39.0 Å². The first-order valence-corrected chi connectivity index (χ1v) is 16.1. The van der Waals surface area contributed by atoms with Gasteiger partial charge in [0.15, 0.2) is 35.1 Å². The van der Waals surface area contributed by atoms with Gasteiger partial charge in [-0.1, -0.05) is 0 Å². The molecule has 0 aliphatic carbocycles. The minimum Gasteiger partial charge on any atom is -0.387 e. The van der Waals surface area contributed by atoms with E-state index in [2.05, 4.69) is 29.9 Å². The Morgan fingerprint density at radius 2 is 1.58 bits per heavy atom. The average molecular weight is 668 g/mol. The quantitative estimate of drug-likeness (QED) is 0.0978. The van der Waals surface area contributed by atoms with Crippen LogP contribution in [0.25, 0.3) is 22.3 Å². The Morgan fingerprint density at radius 1 is 0.889 bits per heavy atom. The van der Waals surface area contributed by atoms with E-state index in [0.717, 1.165) is 10.9 Å². The molecule has 2 radical (unpaired) electrons. The molecule has 0 aromatic carbocycles. The molecule has 3 fully saturated rings. The number of rotatable bonds is 2. The van der Waals surface area contributed by atoms with E-state index < -0.39 is 83.1 Å². The normalized spacial score (nSPS) is 37.7. The lowest BCUT2D eigenvalue weighted by molar-refractivity contribution is -0.0637. The van der Waals surface area contributed by atoms with Crippen LogP contribution >= 0.6 is 15.3 Å². The third-order valence-corrected chi connectivity index (χ3v) is 9.38. The molecule has 0 amide bonds. The van der Waals surface area contributed by atoms with E-state index in [1.54, 1.807) is 0 Å². The number of hydrogen-bond acceptors (Lipinski definition) is 18. The Labute approximate surface area is 251 Å². The molecular formula is C20H23BN10O12P2. The largest absolute Gasteiger partial charge is 0.472 e. The number of imidazole rings is 2. The van der Waals surface area contributed by atoms with Gasteiger partial charge in [0.1, 0.15) is 48.5 Å². The van der Waals surface area contributed by atoms with Crippen molar-refractivity contribution in [2.75, 3.05) is 24.7 Å². The van der Waals surface area contributed by atoms with Crippen LogP contribution in [0, 0.1) is 0 Å². The van der Waals surface area contributed by atoms with Crippen LogP contribution in [0.5, 0.6) is 0 Å². The van der Waals surface area contributed by atoms with Crippen LogP contribution < -0.4 is 17.0 Å². The molecule has 4 aromatic heterocycles. The first-order chi connectivity index (χ1) is 21.3. The zero-order valence-electron chi connectivity index (χ0n) is 22.5. The summed E-state index contributed by atoms with van der Waals surface area (Å²) < 4.78 is 62.0. The van der Waals surface area contributed by atoms with Gasteiger partial charge in [-0.05, 0) is 0 Å². The van der Waals surface area contributed by atoms with Crippen LogP contribution in [0.3, 0.4) is 0 Å². The minimum atomic E-state index is -5.08. The number of phosphoric acid groups is 1. The van der Waals surface area contributed by atoms with Crippen molar-refractivity contribution in [3.8, 4) is 0 Å². The molecule has 0 spiro atoms. The molecule has 238 valence electrons. The van der Waals surface area contributed by atoms with Gasteiger partial charge in [0, 0.05) is 0 Å². The number of anilines is 2. The third kappa shape index (κ3) is 5.34. The van der Waals surface area contributed by atoms with E-state index in [1.165, 1.54) is 17.2 Å². The Balaban J connectivity index is 1.21. The lowest BCUT2D eigenvalue weighted by Crippen LogP contribution is -2.36. The highest BCUT2D eigenvalue weighted by molar-refractivity contribution is 7.79. The molecule has 8 N–H and O–H groups in total. The molecule has 25 heteroatoms. The number of H-pyrrole nitrogens is 1. The Morgan fingerprint density at radius 3 is 2.36 bits per heavy atom. The molecule has 10 atom stereocenters. The zero-order chi connectivity index (χ0) is 31.8. The van der Waals surface area contributed by atoms with Crippen LogP contribution in [0.2, 0.25) is 0 Å². The van der Waals surface area contributed by atoms with Crippen LogP contribution in [0.4, 0.5) is 11.8 Å². The summed E-state index contributed by atoms with van der Waals surface area (Å²) in [6.45, 7) is -1.47. The van der Waals surface area contributed by atoms with E-state index in [4.69, 9.17) is 46.6 Å². The minimum absolute atomic E-state index is 0.0543. The summed E-state index contributed by atoms with van der Waals surface area (Å²) in [5.74, 6) is -0.213. The summed E-state index contributed by atoms with van der Waals surface area (Å²) in [5.41, 5.74) is 10.9. The summed E-state index contributed by atoms with van der Waals surface area (Å²) in [7, 11) is -3.79. The fourth-order valence-corrected chi connectivity index (χ4v) is 7.27. The van der Waals surface area contributed by atoms with Crippen molar-refractivity contribution in [2.45, 2.75) is 49.1 Å². The number of nitrogens with two attached hydrogens (primary N) is 2. The number of phosphoric ester groups is 1. The molecule has 7 heterocycles. The van der Waals surface area contributed by atoms with Crippen LogP contribution in [-0.2, 0) is 36.7 Å². The highest BCUT2D eigenvalue weighted by atomic mass is 31.2. The van der Waals surface area contributed by atoms with Crippen LogP contribution in [0.15, 0.2) is 23.8 Å². The van der Waals surface area contributed by atoms with Gasteiger partial charge in [-0.15, -0.1) is 0 Å². The van der Waals surface area contributed by atoms with Gasteiger partial charge in [0.2, 0.25) is 13.5 Å². The predicted molar refractivity (Wildman–Crippen MR) is 147 cm³/mol. The summed E-state index contributed by atoms with van der Waals surface area (Å²) in [4.78, 5) is 45.4. The molecule has 7 rings (SSSR count). The highest BCUT2D eigenvalue weighted by Gasteiger charge is 2.53. The molecule has 45 heavy (non-hydrogen) atoms. The third-order valence-electron chi connectivity index (χ3n) is 7.35. The predicted octanol–water partition coefficient (Wildman–Crippen LogP) is -2.17. The van der Waals surface area contributed by atoms with Crippen molar-refractivity contribution >= 4 is 57.0 Å². The number of aromatic nitrogens is 8. The van der Waals surface area contributed by atoms with Crippen molar-refractivity contribution in [3.63, 3.8) is 0 Å². The maximum Gasteiger partial charge on any atom is 0.472 e. The maximum atomic E-state index is 13.3.